The third kappa shape index (κ3) is 4.29. The molecule has 116 valence electrons. The van der Waals surface area contributed by atoms with Gasteiger partial charge < -0.3 is 15.3 Å². The maximum Gasteiger partial charge on any atom is 0.167 e. The lowest BCUT2D eigenvalue weighted by Gasteiger charge is -2.26. The maximum atomic E-state index is 12.4. The van der Waals surface area contributed by atoms with Crippen LogP contribution in [-0.2, 0) is 5.41 Å². The number of benzene rings is 1. The molecule has 0 aliphatic carbocycles. The molecule has 0 bridgehead atoms. The summed E-state index contributed by atoms with van der Waals surface area (Å²) < 4.78 is 0. The van der Waals surface area contributed by atoms with E-state index < -0.39 is 0 Å². The molecule has 0 atom stereocenters. The lowest BCUT2D eigenvalue weighted by molar-refractivity contribution is 0.0958. The Bertz CT molecular complexity index is 500. The first kappa shape index (κ1) is 16.0. The van der Waals surface area contributed by atoms with Crippen LogP contribution in [-0.4, -0.2) is 48.5 Å². The molecule has 1 aromatic rings. The number of carbonyl (C=O) groups is 1. The summed E-state index contributed by atoms with van der Waals surface area (Å²) >= 11 is 0. The van der Waals surface area contributed by atoms with E-state index in [0.29, 0.717) is 12.0 Å². The Morgan fingerprint density at radius 1 is 1.29 bits per heavy atom. The van der Waals surface area contributed by atoms with E-state index in [4.69, 9.17) is 0 Å². The highest BCUT2D eigenvalue weighted by Gasteiger charge is 2.19. The van der Waals surface area contributed by atoms with Crippen molar-refractivity contribution in [2.75, 3.05) is 32.7 Å². The number of hydrogen-bond acceptors (Lipinski definition) is 4. The Balaban J connectivity index is 2.04. The number of aromatic hydroxyl groups is 1. The summed E-state index contributed by atoms with van der Waals surface area (Å²) in [5.74, 6) is 0.116. The van der Waals surface area contributed by atoms with Gasteiger partial charge in [-0.05, 0) is 23.1 Å². The average molecular weight is 290 g/mol. The number of nitrogens with one attached hydrogen (secondary N) is 1. The summed E-state index contributed by atoms with van der Waals surface area (Å²) in [6, 6.07) is 5.37. The molecule has 1 aromatic carbocycles. The van der Waals surface area contributed by atoms with Gasteiger partial charge in [-0.25, -0.2) is 0 Å². The van der Waals surface area contributed by atoms with Crippen LogP contribution in [0.15, 0.2) is 18.2 Å². The number of Topliss-reactive ketones (excluding diaryl/α,β-unsaturated/α-hetero) is 1. The molecule has 4 nitrogen and oxygen atoms in total. The van der Waals surface area contributed by atoms with E-state index in [0.717, 1.165) is 38.3 Å². The number of hydrogen-bond donors (Lipinski definition) is 2. The first-order valence-corrected chi connectivity index (χ1v) is 7.68. The quantitative estimate of drug-likeness (QED) is 0.835. The van der Waals surface area contributed by atoms with Gasteiger partial charge in [-0.3, -0.25) is 4.79 Å². The fraction of sp³-hybridized carbons (Fsp3) is 0.588. The molecule has 0 unspecified atom stereocenters. The zero-order valence-electron chi connectivity index (χ0n) is 13.3. The van der Waals surface area contributed by atoms with Crippen molar-refractivity contribution in [1.82, 2.24) is 10.2 Å². The van der Waals surface area contributed by atoms with Crippen LogP contribution in [0.3, 0.4) is 0 Å². The molecule has 4 heteroatoms. The van der Waals surface area contributed by atoms with Gasteiger partial charge in [-0.15, -0.1) is 0 Å². The minimum atomic E-state index is -0.0265. The summed E-state index contributed by atoms with van der Waals surface area (Å²) in [5, 5.41) is 13.3. The maximum absolute atomic E-state index is 12.4. The van der Waals surface area contributed by atoms with E-state index in [1.54, 1.807) is 6.07 Å². The molecule has 0 spiro atoms. The van der Waals surface area contributed by atoms with Crippen molar-refractivity contribution in [2.24, 2.45) is 0 Å². The zero-order chi connectivity index (χ0) is 15.5. The van der Waals surface area contributed by atoms with Gasteiger partial charge in [0.15, 0.2) is 5.78 Å². The second kappa shape index (κ2) is 6.58. The Hall–Kier alpha value is -1.39. The average Bonchev–Trinajstić information content (AvgIpc) is 2.45. The van der Waals surface area contributed by atoms with Crippen molar-refractivity contribution < 1.29 is 9.90 Å². The summed E-state index contributed by atoms with van der Waals surface area (Å²) in [6.45, 7) is 11.0. The van der Waals surface area contributed by atoms with Crippen molar-refractivity contribution >= 4 is 5.78 Å². The lowest BCUT2D eigenvalue weighted by atomic mass is 9.85. The number of carbonyl (C=O) groups excluding carboxylic acids is 1. The van der Waals surface area contributed by atoms with E-state index in [-0.39, 0.29) is 16.9 Å². The van der Waals surface area contributed by atoms with Crippen LogP contribution in [0.25, 0.3) is 0 Å². The van der Waals surface area contributed by atoms with Crippen LogP contribution in [0.4, 0.5) is 0 Å². The Labute approximate surface area is 127 Å². The molecule has 1 fully saturated rings. The smallest absolute Gasteiger partial charge is 0.167 e. The summed E-state index contributed by atoms with van der Waals surface area (Å²) in [6.07, 6.45) is 0.459. The van der Waals surface area contributed by atoms with Crippen molar-refractivity contribution in [2.45, 2.75) is 32.6 Å². The molecular formula is C17H26N2O2. The number of piperazine rings is 1. The van der Waals surface area contributed by atoms with Crippen LogP contribution in [0.2, 0.25) is 0 Å². The molecule has 0 aromatic heterocycles. The SMILES string of the molecule is CC(C)(C)c1ccc(O)c(C(=O)CCN2CCNCC2)c1. The normalized spacial score (nSPS) is 16.9. The van der Waals surface area contributed by atoms with Crippen LogP contribution in [0.5, 0.6) is 5.75 Å². The molecule has 2 rings (SSSR count). The molecule has 1 saturated heterocycles. The second-order valence-electron chi connectivity index (χ2n) is 6.75. The Morgan fingerprint density at radius 2 is 1.95 bits per heavy atom. The van der Waals surface area contributed by atoms with Gasteiger partial charge in [0.1, 0.15) is 5.75 Å². The highest BCUT2D eigenvalue weighted by atomic mass is 16.3. The van der Waals surface area contributed by atoms with Gasteiger partial charge in [-0.2, -0.15) is 0 Å². The lowest BCUT2D eigenvalue weighted by Crippen LogP contribution is -2.44. The number of rotatable bonds is 4. The molecule has 1 aliphatic rings. The van der Waals surface area contributed by atoms with E-state index >= 15 is 0 Å². The van der Waals surface area contributed by atoms with Gasteiger partial charge in [0.05, 0.1) is 5.56 Å². The zero-order valence-corrected chi connectivity index (χ0v) is 13.3. The number of nitrogens with zero attached hydrogens (tertiary/aromatic N) is 1. The molecule has 21 heavy (non-hydrogen) atoms. The minimum Gasteiger partial charge on any atom is -0.507 e. The fourth-order valence-corrected chi connectivity index (χ4v) is 2.55. The van der Waals surface area contributed by atoms with Gasteiger partial charge in [0.25, 0.3) is 0 Å². The number of phenols is 1. The molecule has 1 heterocycles. The minimum absolute atomic E-state index is 0.0251. The van der Waals surface area contributed by atoms with Crippen LogP contribution in [0, 0.1) is 0 Å². The molecular weight excluding hydrogens is 264 g/mol. The first-order valence-electron chi connectivity index (χ1n) is 7.68. The van der Waals surface area contributed by atoms with E-state index in [1.165, 1.54) is 0 Å². The van der Waals surface area contributed by atoms with E-state index in [9.17, 15) is 9.90 Å². The number of ketones is 1. The predicted molar refractivity (Wildman–Crippen MR) is 85.1 cm³/mol. The molecule has 0 amide bonds. The van der Waals surface area contributed by atoms with Crippen LogP contribution in [0.1, 0.15) is 43.1 Å². The Kier molecular flexibility index (Phi) is 5.01. The first-order chi connectivity index (χ1) is 9.88. The summed E-state index contributed by atoms with van der Waals surface area (Å²) in [7, 11) is 0. The summed E-state index contributed by atoms with van der Waals surface area (Å²) in [4.78, 5) is 14.7. The molecule has 0 saturated carbocycles. The summed E-state index contributed by atoms with van der Waals surface area (Å²) in [5.41, 5.74) is 1.50. The van der Waals surface area contributed by atoms with Crippen molar-refractivity contribution in [3.63, 3.8) is 0 Å². The standard InChI is InChI=1S/C17H26N2O2/c1-17(2,3)13-4-5-15(20)14(12-13)16(21)6-9-19-10-7-18-8-11-19/h4-5,12,18,20H,6-11H2,1-3H3. The van der Waals surface area contributed by atoms with E-state index in [2.05, 4.69) is 31.0 Å². The largest absolute Gasteiger partial charge is 0.507 e. The van der Waals surface area contributed by atoms with Gasteiger partial charge in [0.2, 0.25) is 0 Å². The fourth-order valence-electron chi connectivity index (χ4n) is 2.55. The highest BCUT2D eigenvalue weighted by molar-refractivity contribution is 5.98. The monoisotopic (exact) mass is 290 g/mol. The molecule has 1 aliphatic heterocycles. The highest BCUT2D eigenvalue weighted by Crippen LogP contribution is 2.28. The second-order valence-corrected chi connectivity index (χ2v) is 6.75. The molecule has 2 N–H and O–H groups in total. The third-order valence-corrected chi connectivity index (χ3v) is 4.03. The van der Waals surface area contributed by atoms with Gasteiger partial charge in [-0.1, -0.05) is 26.8 Å². The van der Waals surface area contributed by atoms with Crippen LogP contribution < -0.4 is 5.32 Å². The van der Waals surface area contributed by atoms with Gasteiger partial charge >= 0.3 is 0 Å². The predicted octanol–water partition coefficient (Wildman–Crippen LogP) is 2.17. The van der Waals surface area contributed by atoms with Crippen LogP contribution >= 0.6 is 0 Å². The molecule has 0 radical (unpaired) electrons. The van der Waals surface area contributed by atoms with Crippen molar-refractivity contribution in [3.8, 4) is 5.75 Å². The van der Waals surface area contributed by atoms with Crippen molar-refractivity contribution in [1.29, 1.82) is 0 Å². The topological polar surface area (TPSA) is 52.6 Å². The van der Waals surface area contributed by atoms with Crippen molar-refractivity contribution in [3.05, 3.63) is 29.3 Å². The van der Waals surface area contributed by atoms with E-state index in [1.807, 2.05) is 12.1 Å². The third-order valence-electron chi connectivity index (χ3n) is 4.03. The number of phenolic OH excluding ortho intramolecular Hbond substituents is 1. The van der Waals surface area contributed by atoms with Gasteiger partial charge in [0, 0.05) is 39.1 Å². The Morgan fingerprint density at radius 3 is 2.57 bits per heavy atom.